The Hall–Kier alpha value is -3.18. The van der Waals surface area contributed by atoms with Crippen molar-refractivity contribution in [2.75, 3.05) is 19.0 Å². The van der Waals surface area contributed by atoms with Crippen LogP contribution in [0.25, 0.3) is 0 Å². The molecule has 150 valence electrons. The largest absolute Gasteiger partial charge is 0.495 e. The number of halogens is 1. The van der Waals surface area contributed by atoms with Crippen LogP contribution in [0.4, 0.5) is 5.69 Å². The summed E-state index contributed by atoms with van der Waals surface area (Å²) < 4.78 is 16.8. The van der Waals surface area contributed by atoms with Gasteiger partial charge in [-0.2, -0.15) is 0 Å². The topological polar surface area (TPSA) is 56.8 Å². The van der Waals surface area contributed by atoms with E-state index in [2.05, 4.69) is 5.32 Å². The molecule has 0 bridgehead atoms. The summed E-state index contributed by atoms with van der Waals surface area (Å²) in [4.78, 5) is 12.8. The highest BCUT2D eigenvalue weighted by atomic mass is 35.5. The molecule has 0 atom stereocenters. The van der Waals surface area contributed by atoms with Gasteiger partial charge in [-0.15, -0.1) is 0 Å². The van der Waals surface area contributed by atoms with Crippen LogP contribution < -0.4 is 19.5 Å². The molecule has 0 spiro atoms. The highest BCUT2D eigenvalue weighted by molar-refractivity contribution is 6.32. The molecular weight excluding hydrogens is 390 g/mol. The van der Waals surface area contributed by atoms with Crippen LogP contribution in [0.3, 0.4) is 0 Å². The van der Waals surface area contributed by atoms with Crippen molar-refractivity contribution >= 4 is 23.2 Å². The number of benzene rings is 3. The standard InChI is InChI=1S/C23H22ClNO4/c1-3-28-20-13-12-16(23(26)25-19-9-5-7-11-22(19)27-2)14-17(20)15-29-21-10-6-4-8-18(21)24/h4-14H,3,15H2,1-2H3,(H,25,26). The fourth-order valence-electron chi connectivity index (χ4n) is 2.79. The Morgan fingerprint density at radius 1 is 0.931 bits per heavy atom. The molecule has 29 heavy (non-hydrogen) atoms. The molecule has 3 rings (SSSR count). The van der Waals surface area contributed by atoms with Crippen molar-refractivity contribution in [1.82, 2.24) is 0 Å². The third-order valence-corrected chi connectivity index (χ3v) is 4.51. The first kappa shape index (κ1) is 20.6. The first-order valence-corrected chi connectivity index (χ1v) is 9.57. The molecule has 0 aliphatic carbocycles. The number of rotatable bonds is 8. The number of methoxy groups -OCH3 is 1. The highest BCUT2D eigenvalue weighted by Gasteiger charge is 2.14. The van der Waals surface area contributed by atoms with E-state index in [0.717, 1.165) is 5.56 Å². The van der Waals surface area contributed by atoms with Gasteiger partial charge < -0.3 is 19.5 Å². The van der Waals surface area contributed by atoms with E-state index in [1.165, 1.54) is 0 Å². The molecule has 0 aliphatic heterocycles. The van der Waals surface area contributed by atoms with E-state index in [1.54, 1.807) is 49.6 Å². The van der Waals surface area contributed by atoms with Gasteiger partial charge in [0.2, 0.25) is 0 Å². The first-order valence-electron chi connectivity index (χ1n) is 9.19. The van der Waals surface area contributed by atoms with Gasteiger partial charge in [0, 0.05) is 11.1 Å². The molecule has 1 N–H and O–H groups in total. The number of carbonyl (C=O) groups excluding carboxylic acids is 1. The fourth-order valence-corrected chi connectivity index (χ4v) is 2.98. The van der Waals surface area contributed by atoms with Crippen LogP contribution in [-0.4, -0.2) is 19.6 Å². The number of hydrogen-bond acceptors (Lipinski definition) is 4. The number of amides is 1. The Labute approximate surface area is 175 Å². The SMILES string of the molecule is CCOc1ccc(C(=O)Nc2ccccc2OC)cc1COc1ccccc1Cl. The number of carbonyl (C=O) groups is 1. The quantitative estimate of drug-likeness (QED) is 0.525. The molecule has 3 aromatic rings. The number of ether oxygens (including phenoxy) is 3. The molecule has 0 saturated heterocycles. The summed E-state index contributed by atoms with van der Waals surface area (Å²) in [5.41, 5.74) is 1.83. The number of hydrogen-bond donors (Lipinski definition) is 1. The lowest BCUT2D eigenvalue weighted by Crippen LogP contribution is -2.13. The molecule has 0 aromatic heterocycles. The predicted molar refractivity (Wildman–Crippen MR) is 114 cm³/mol. The summed E-state index contributed by atoms with van der Waals surface area (Å²) >= 11 is 6.16. The van der Waals surface area contributed by atoms with Gasteiger partial charge in [0.05, 0.1) is 24.4 Å². The minimum atomic E-state index is -0.253. The zero-order valence-corrected chi connectivity index (χ0v) is 17.0. The van der Waals surface area contributed by atoms with E-state index in [0.29, 0.717) is 40.1 Å². The normalized spacial score (nSPS) is 10.3. The number of anilines is 1. The molecule has 6 heteroatoms. The molecule has 0 fully saturated rings. The van der Waals surface area contributed by atoms with Crippen LogP contribution in [0, 0.1) is 0 Å². The molecule has 3 aromatic carbocycles. The Morgan fingerprint density at radius 3 is 2.38 bits per heavy atom. The van der Waals surface area contributed by atoms with Crippen molar-refractivity contribution in [3.63, 3.8) is 0 Å². The van der Waals surface area contributed by atoms with E-state index in [4.69, 9.17) is 25.8 Å². The Bertz CT molecular complexity index is 990. The van der Waals surface area contributed by atoms with Gasteiger partial charge in [-0.25, -0.2) is 0 Å². The van der Waals surface area contributed by atoms with Crippen molar-refractivity contribution in [3.8, 4) is 17.2 Å². The van der Waals surface area contributed by atoms with Gasteiger partial charge >= 0.3 is 0 Å². The predicted octanol–water partition coefficient (Wildman–Crippen LogP) is 5.58. The average Bonchev–Trinajstić information content (AvgIpc) is 2.74. The minimum Gasteiger partial charge on any atom is -0.495 e. The molecule has 0 saturated carbocycles. The maximum atomic E-state index is 12.8. The second-order valence-corrected chi connectivity index (χ2v) is 6.54. The molecule has 0 aliphatic rings. The van der Waals surface area contributed by atoms with Crippen molar-refractivity contribution in [2.24, 2.45) is 0 Å². The fraction of sp³-hybridized carbons (Fsp3) is 0.174. The smallest absolute Gasteiger partial charge is 0.255 e. The third kappa shape index (κ3) is 5.21. The minimum absolute atomic E-state index is 0.217. The molecule has 0 unspecified atom stereocenters. The molecule has 1 amide bonds. The van der Waals surface area contributed by atoms with Crippen LogP contribution in [0.5, 0.6) is 17.2 Å². The molecule has 0 radical (unpaired) electrons. The lowest BCUT2D eigenvalue weighted by Gasteiger charge is -2.14. The van der Waals surface area contributed by atoms with E-state index >= 15 is 0 Å². The second kappa shape index (κ2) is 9.85. The van der Waals surface area contributed by atoms with E-state index < -0.39 is 0 Å². The van der Waals surface area contributed by atoms with Gasteiger partial charge in [-0.1, -0.05) is 35.9 Å². The lowest BCUT2D eigenvalue weighted by molar-refractivity contribution is 0.102. The summed E-state index contributed by atoms with van der Waals surface area (Å²) in [6.45, 7) is 2.63. The summed E-state index contributed by atoms with van der Waals surface area (Å²) in [5.74, 6) is 1.57. The van der Waals surface area contributed by atoms with Crippen molar-refractivity contribution in [2.45, 2.75) is 13.5 Å². The van der Waals surface area contributed by atoms with Gasteiger partial charge in [0.1, 0.15) is 23.9 Å². The lowest BCUT2D eigenvalue weighted by atomic mass is 10.1. The van der Waals surface area contributed by atoms with Crippen LogP contribution in [-0.2, 0) is 6.61 Å². The monoisotopic (exact) mass is 411 g/mol. The summed E-state index contributed by atoms with van der Waals surface area (Å²) in [5, 5.41) is 3.40. The van der Waals surface area contributed by atoms with Crippen LogP contribution >= 0.6 is 11.6 Å². The summed E-state index contributed by atoms with van der Waals surface area (Å²) in [6.07, 6.45) is 0. The number of nitrogens with one attached hydrogen (secondary N) is 1. The van der Waals surface area contributed by atoms with Crippen molar-refractivity contribution in [1.29, 1.82) is 0 Å². The zero-order chi connectivity index (χ0) is 20.6. The summed E-state index contributed by atoms with van der Waals surface area (Å²) in [7, 11) is 1.56. The summed E-state index contributed by atoms with van der Waals surface area (Å²) in [6, 6.07) is 19.7. The van der Waals surface area contributed by atoms with E-state index in [-0.39, 0.29) is 12.5 Å². The molecular formula is C23H22ClNO4. The van der Waals surface area contributed by atoms with Crippen molar-refractivity contribution < 1.29 is 19.0 Å². The van der Waals surface area contributed by atoms with Crippen LogP contribution in [0.15, 0.2) is 66.7 Å². The maximum absolute atomic E-state index is 12.8. The average molecular weight is 412 g/mol. The third-order valence-electron chi connectivity index (χ3n) is 4.20. The Balaban J connectivity index is 1.81. The van der Waals surface area contributed by atoms with Gasteiger partial charge in [-0.05, 0) is 49.4 Å². The second-order valence-electron chi connectivity index (χ2n) is 6.13. The van der Waals surface area contributed by atoms with Crippen LogP contribution in [0.1, 0.15) is 22.8 Å². The molecule has 0 heterocycles. The van der Waals surface area contributed by atoms with E-state index in [9.17, 15) is 4.79 Å². The molecule has 5 nitrogen and oxygen atoms in total. The zero-order valence-electron chi connectivity index (χ0n) is 16.3. The maximum Gasteiger partial charge on any atom is 0.255 e. The van der Waals surface area contributed by atoms with Gasteiger partial charge in [0.15, 0.2) is 0 Å². The number of para-hydroxylation sites is 3. The Kier molecular flexibility index (Phi) is 6.98. The first-order chi connectivity index (χ1) is 14.1. The Morgan fingerprint density at radius 2 is 1.66 bits per heavy atom. The van der Waals surface area contributed by atoms with Crippen LogP contribution in [0.2, 0.25) is 5.02 Å². The van der Waals surface area contributed by atoms with Gasteiger partial charge in [0.25, 0.3) is 5.91 Å². The van der Waals surface area contributed by atoms with Gasteiger partial charge in [-0.3, -0.25) is 4.79 Å². The highest BCUT2D eigenvalue weighted by Crippen LogP contribution is 2.28. The van der Waals surface area contributed by atoms with E-state index in [1.807, 2.05) is 31.2 Å². The van der Waals surface area contributed by atoms with Crippen molar-refractivity contribution in [3.05, 3.63) is 82.9 Å².